The third kappa shape index (κ3) is 4.30. The molecule has 0 spiro atoms. The van der Waals surface area contributed by atoms with Crippen molar-refractivity contribution in [2.75, 3.05) is 5.32 Å². The fourth-order valence-electron chi connectivity index (χ4n) is 3.84. The van der Waals surface area contributed by atoms with Crippen molar-refractivity contribution in [2.24, 2.45) is 0 Å². The van der Waals surface area contributed by atoms with Gasteiger partial charge in [0, 0.05) is 35.2 Å². The van der Waals surface area contributed by atoms with Crippen LogP contribution in [0.1, 0.15) is 28.5 Å². The van der Waals surface area contributed by atoms with Gasteiger partial charge in [-0.05, 0) is 37.3 Å². The van der Waals surface area contributed by atoms with Gasteiger partial charge in [-0.2, -0.15) is 4.57 Å². The Morgan fingerprint density at radius 1 is 1.09 bits per heavy atom. The predicted octanol–water partition coefficient (Wildman–Crippen LogP) is 3.08. The number of rotatable bonds is 5. The van der Waals surface area contributed by atoms with Crippen LogP contribution in [0, 0.1) is 0 Å². The number of para-hydroxylation sites is 1. The van der Waals surface area contributed by atoms with Gasteiger partial charge in [-0.3, -0.25) is 9.36 Å². The Labute approximate surface area is 204 Å². The molecule has 0 aliphatic carbocycles. The summed E-state index contributed by atoms with van der Waals surface area (Å²) in [5.74, 6) is -0.935. The van der Waals surface area contributed by atoms with Crippen LogP contribution in [0.5, 0.6) is 0 Å². The van der Waals surface area contributed by atoms with Crippen LogP contribution in [0.4, 0.5) is 5.69 Å². The van der Waals surface area contributed by atoms with Gasteiger partial charge >= 0.3 is 5.97 Å². The van der Waals surface area contributed by atoms with E-state index in [9.17, 15) is 9.59 Å². The molecule has 0 saturated heterocycles. The average Bonchev–Trinajstić information content (AvgIpc) is 3.41. The average molecular weight is 489 g/mol. The second-order valence-corrected chi connectivity index (χ2v) is 9.85. The maximum atomic E-state index is 13.2. The number of carbonyl (C=O) groups is 1. The molecular formula is C26H22N3O3S2+. The summed E-state index contributed by atoms with van der Waals surface area (Å²) in [6, 6.07) is 20.9. The number of thiazole rings is 1. The molecule has 2 aromatic carbocycles. The van der Waals surface area contributed by atoms with Gasteiger partial charge in [0.2, 0.25) is 5.69 Å². The molecule has 2 aromatic heterocycles. The van der Waals surface area contributed by atoms with Crippen molar-refractivity contribution in [3.63, 3.8) is 0 Å². The van der Waals surface area contributed by atoms with Crippen molar-refractivity contribution in [2.45, 2.75) is 24.9 Å². The highest BCUT2D eigenvalue weighted by Crippen LogP contribution is 2.40. The van der Waals surface area contributed by atoms with Gasteiger partial charge in [-0.15, -0.1) is 11.3 Å². The molecule has 34 heavy (non-hydrogen) atoms. The predicted molar refractivity (Wildman–Crippen MR) is 136 cm³/mol. The molecule has 2 N–H and O–H groups in total. The largest absolute Gasteiger partial charge is 0.478 e. The highest BCUT2D eigenvalue weighted by Gasteiger charge is 2.19. The summed E-state index contributed by atoms with van der Waals surface area (Å²) in [5.41, 5.74) is 3.26. The van der Waals surface area contributed by atoms with Crippen molar-refractivity contribution in [3.05, 3.63) is 109 Å². The van der Waals surface area contributed by atoms with Crippen molar-refractivity contribution >= 4 is 45.9 Å². The lowest BCUT2D eigenvalue weighted by Crippen LogP contribution is -2.38. The molecule has 0 atom stereocenters. The van der Waals surface area contributed by atoms with Crippen LogP contribution >= 0.6 is 23.1 Å². The molecule has 0 radical (unpaired) electrons. The van der Waals surface area contributed by atoms with E-state index in [0.717, 1.165) is 31.5 Å². The Kier molecular flexibility index (Phi) is 6.08. The Morgan fingerprint density at radius 3 is 2.59 bits per heavy atom. The molecule has 8 heteroatoms. The Morgan fingerprint density at radius 2 is 1.85 bits per heavy atom. The molecule has 0 saturated carbocycles. The molecule has 1 aliphatic rings. The molecule has 1 aliphatic heterocycles. The zero-order valence-corrected chi connectivity index (χ0v) is 20.0. The van der Waals surface area contributed by atoms with Crippen molar-refractivity contribution in [3.8, 4) is 0 Å². The number of carboxylic acid groups (broad SMARTS) is 1. The van der Waals surface area contributed by atoms with E-state index in [0.29, 0.717) is 17.6 Å². The summed E-state index contributed by atoms with van der Waals surface area (Å²) >= 11 is 3.08. The molecular weight excluding hydrogens is 466 g/mol. The summed E-state index contributed by atoms with van der Waals surface area (Å²) in [6.45, 7) is 3.15. The number of carboxylic acids is 1. The molecule has 3 heterocycles. The molecule has 170 valence electrons. The minimum Gasteiger partial charge on any atom is -0.478 e. The standard InChI is InChI=1S/C26H21N3O3S2/c1-2-29-22(34-23(25(29)30)24-27-20-8-3-4-9-21(20)33-24)15-19-7-5-6-14-28(19)16-17-10-12-18(13-11-17)26(31)32/h3-15H,2,16H2,1H3,(H-,27,30,31,32)/p+1. The number of hydrogen-bond donors (Lipinski definition) is 2. The van der Waals surface area contributed by atoms with Gasteiger partial charge in [-0.1, -0.05) is 36.0 Å². The fraction of sp³-hybridized carbons (Fsp3) is 0.115. The third-order valence-corrected chi connectivity index (χ3v) is 7.93. The van der Waals surface area contributed by atoms with E-state index >= 15 is 0 Å². The SMILES string of the molecule is CCn1c(=O)/c(=C2/Nc3ccccc3S2)s/c1=C\c1cccc[n+]1Cc1ccc(C(=O)O)cc1. The zero-order chi connectivity index (χ0) is 23.7. The minimum absolute atomic E-state index is 0.00768. The lowest BCUT2D eigenvalue weighted by molar-refractivity contribution is -0.690. The van der Waals surface area contributed by atoms with Gasteiger partial charge in [0.05, 0.1) is 11.3 Å². The van der Waals surface area contributed by atoms with E-state index in [1.807, 2.05) is 67.7 Å². The number of nitrogens with one attached hydrogen (secondary N) is 1. The Bertz CT molecular complexity index is 1540. The Balaban J connectivity index is 1.55. The number of hydrogen-bond acceptors (Lipinski definition) is 5. The van der Waals surface area contributed by atoms with Gasteiger partial charge in [0.15, 0.2) is 12.7 Å². The van der Waals surface area contributed by atoms with Gasteiger partial charge in [-0.25, -0.2) is 4.79 Å². The summed E-state index contributed by atoms with van der Waals surface area (Å²) in [7, 11) is 0. The van der Waals surface area contributed by atoms with Crippen LogP contribution in [0.3, 0.4) is 0 Å². The quantitative estimate of drug-likeness (QED) is 0.423. The zero-order valence-electron chi connectivity index (χ0n) is 18.4. The number of thioether (sulfide) groups is 1. The fourth-order valence-corrected chi connectivity index (χ4v) is 6.08. The molecule has 0 unspecified atom stereocenters. The van der Waals surface area contributed by atoms with Crippen LogP contribution in [-0.4, -0.2) is 15.6 Å². The molecule has 6 nitrogen and oxygen atoms in total. The lowest BCUT2D eigenvalue weighted by Gasteiger charge is -2.02. The first kappa shape index (κ1) is 22.2. The maximum Gasteiger partial charge on any atom is 0.335 e. The third-order valence-electron chi connectivity index (χ3n) is 5.58. The molecule has 0 bridgehead atoms. The Hall–Kier alpha value is -3.62. The second-order valence-electron chi connectivity index (χ2n) is 7.77. The second kappa shape index (κ2) is 9.32. The van der Waals surface area contributed by atoms with Gasteiger partial charge in [0.1, 0.15) is 14.2 Å². The topological polar surface area (TPSA) is 75.2 Å². The number of benzene rings is 2. The number of fused-ring (bicyclic) bond motifs is 1. The van der Waals surface area contributed by atoms with E-state index in [2.05, 4.69) is 16.0 Å². The summed E-state index contributed by atoms with van der Waals surface area (Å²) in [4.78, 5) is 25.5. The highest BCUT2D eigenvalue weighted by molar-refractivity contribution is 8.08. The highest BCUT2D eigenvalue weighted by atomic mass is 32.2. The van der Waals surface area contributed by atoms with E-state index < -0.39 is 5.97 Å². The number of anilines is 1. The van der Waals surface area contributed by atoms with Crippen LogP contribution in [0.25, 0.3) is 11.1 Å². The summed E-state index contributed by atoms with van der Waals surface area (Å²) in [5, 5.41) is 13.4. The van der Waals surface area contributed by atoms with E-state index in [1.165, 1.54) is 11.3 Å². The molecule has 0 fully saturated rings. The number of pyridine rings is 1. The van der Waals surface area contributed by atoms with Crippen LogP contribution < -0.4 is 24.6 Å². The number of nitrogens with zero attached hydrogens (tertiary/aromatic N) is 2. The molecule has 5 rings (SSSR count). The maximum absolute atomic E-state index is 13.2. The first-order valence-electron chi connectivity index (χ1n) is 10.8. The van der Waals surface area contributed by atoms with E-state index in [-0.39, 0.29) is 11.1 Å². The smallest absolute Gasteiger partial charge is 0.335 e. The van der Waals surface area contributed by atoms with Crippen LogP contribution in [0.2, 0.25) is 0 Å². The van der Waals surface area contributed by atoms with Gasteiger partial charge < -0.3 is 10.4 Å². The normalized spacial score (nSPS) is 14.7. The van der Waals surface area contributed by atoms with Crippen molar-refractivity contribution in [1.82, 2.24) is 4.57 Å². The summed E-state index contributed by atoms with van der Waals surface area (Å²) < 4.78 is 5.48. The van der Waals surface area contributed by atoms with E-state index in [1.54, 1.807) is 28.5 Å². The lowest BCUT2D eigenvalue weighted by atomic mass is 10.1. The summed E-state index contributed by atoms with van der Waals surface area (Å²) in [6.07, 6.45) is 4.03. The van der Waals surface area contributed by atoms with Crippen LogP contribution in [-0.2, 0) is 13.1 Å². The minimum atomic E-state index is -0.935. The van der Waals surface area contributed by atoms with E-state index in [4.69, 9.17) is 5.11 Å². The molecule has 0 amide bonds. The monoisotopic (exact) mass is 488 g/mol. The van der Waals surface area contributed by atoms with Crippen LogP contribution in [0.15, 0.2) is 82.6 Å². The van der Waals surface area contributed by atoms with Crippen molar-refractivity contribution in [1.29, 1.82) is 0 Å². The van der Waals surface area contributed by atoms with Crippen molar-refractivity contribution < 1.29 is 14.5 Å². The first-order valence-corrected chi connectivity index (χ1v) is 12.5. The van der Waals surface area contributed by atoms with Gasteiger partial charge in [0.25, 0.3) is 5.56 Å². The first-order chi connectivity index (χ1) is 16.5. The molecule has 4 aromatic rings. The number of aromatic carboxylic acids is 1. The number of aromatic nitrogens is 2.